The fraction of sp³-hybridized carbons (Fsp3) is 0.235. The molecule has 0 spiro atoms. The summed E-state index contributed by atoms with van der Waals surface area (Å²) in [4.78, 5) is 11.8. The highest BCUT2D eigenvalue weighted by Crippen LogP contribution is 2.19. The van der Waals surface area contributed by atoms with Gasteiger partial charge in [0.1, 0.15) is 23.9 Å². The summed E-state index contributed by atoms with van der Waals surface area (Å²) in [7, 11) is 0. The monoisotopic (exact) mass is 303 g/mol. The molecule has 0 unspecified atom stereocenters. The topological polar surface area (TPSA) is 47.6 Å². The van der Waals surface area contributed by atoms with Crippen LogP contribution in [-0.4, -0.2) is 25.7 Å². The molecule has 22 heavy (non-hydrogen) atoms. The average Bonchev–Trinajstić information content (AvgIpc) is 2.52. The van der Waals surface area contributed by atoms with Crippen molar-refractivity contribution in [2.24, 2.45) is 0 Å². The van der Waals surface area contributed by atoms with Crippen LogP contribution in [0, 0.1) is 5.82 Å². The first-order chi connectivity index (χ1) is 10.7. The fourth-order valence-corrected chi connectivity index (χ4v) is 1.89. The first kappa shape index (κ1) is 15.8. The molecule has 1 N–H and O–H groups in total. The van der Waals surface area contributed by atoms with Gasteiger partial charge in [-0.25, -0.2) is 4.39 Å². The predicted octanol–water partition coefficient (Wildman–Crippen LogP) is 3.03. The highest BCUT2D eigenvalue weighted by Gasteiger charge is 2.09. The van der Waals surface area contributed by atoms with Crippen molar-refractivity contribution in [1.82, 2.24) is 5.32 Å². The standard InChI is InChI=1S/C17H18FNO3/c1-2-21-13-6-5-7-14(12-13)22-11-10-19-17(20)15-8-3-4-9-16(15)18/h3-9,12H,2,10-11H2,1H3,(H,19,20). The molecule has 0 aliphatic heterocycles. The number of carbonyl (C=O) groups excluding carboxylic acids is 1. The van der Waals surface area contributed by atoms with E-state index in [2.05, 4.69) is 5.32 Å². The largest absolute Gasteiger partial charge is 0.494 e. The Morgan fingerprint density at radius 2 is 1.82 bits per heavy atom. The quantitative estimate of drug-likeness (QED) is 0.800. The van der Waals surface area contributed by atoms with E-state index >= 15 is 0 Å². The summed E-state index contributed by atoms with van der Waals surface area (Å²) >= 11 is 0. The summed E-state index contributed by atoms with van der Waals surface area (Å²) in [5.74, 6) is 0.400. The van der Waals surface area contributed by atoms with E-state index in [1.165, 1.54) is 12.1 Å². The van der Waals surface area contributed by atoms with E-state index in [-0.39, 0.29) is 18.7 Å². The van der Waals surface area contributed by atoms with Crippen LogP contribution in [0.1, 0.15) is 17.3 Å². The second kappa shape index (κ2) is 8.02. The lowest BCUT2D eigenvalue weighted by Crippen LogP contribution is -2.28. The number of benzene rings is 2. The van der Waals surface area contributed by atoms with Crippen molar-refractivity contribution >= 4 is 5.91 Å². The molecule has 0 bridgehead atoms. The zero-order valence-corrected chi connectivity index (χ0v) is 12.3. The van der Waals surface area contributed by atoms with E-state index in [0.717, 1.165) is 5.75 Å². The number of ether oxygens (including phenoxy) is 2. The van der Waals surface area contributed by atoms with Crippen LogP contribution in [0.15, 0.2) is 48.5 Å². The van der Waals surface area contributed by atoms with E-state index in [0.29, 0.717) is 12.4 Å². The van der Waals surface area contributed by atoms with Gasteiger partial charge in [0, 0.05) is 6.07 Å². The molecule has 0 heterocycles. The first-order valence-electron chi connectivity index (χ1n) is 7.09. The van der Waals surface area contributed by atoms with Crippen molar-refractivity contribution in [2.75, 3.05) is 19.8 Å². The first-order valence-corrected chi connectivity index (χ1v) is 7.09. The van der Waals surface area contributed by atoms with E-state index in [1.807, 2.05) is 19.1 Å². The van der Waals surface area contributed by atoms with Gasteiger partial charge in [-0.2, -0.15) is 0 Å². The minimum absolute atomic E-state index is 0.0286. The van der Waals surface area contributed by atoms with Crippen LogP contribution >= 0.6 is 0 Å². The van der Waals surface area contributed by atoms with Gasteiger partial charge in [0.25, 0.3) is 5.91 Å². The lowest BCUT2D eigenvalue weighted by molar-refractivity contribution is 0.0943. The van der Waals surface area contributed by atoms with Gasteiger partial charge < -0.3 is 14.8 Å². The minimum atomic E-state index is -0.537. The molecule has 0 aliphatic carbocycles. The normalized spacial score (nSPS) is 10.1. The van der Waals surface area contributed by atoms with Gasteiger partial charge in [-0.15, -0.1) is 0 Å². The van der Waals surface area contributed by atoms with Crippen molar-refractivity contribution in [3.05, 3.63) is 59.9 Å². The molecule has 2 rings (SSSR count). The van der Waals surface area contributed by atoms with Crippen LogP contribution in [0.4, 0.5) is 4.39 Å². The molecule has 2 aromatic rings. The number of amides is 1. The number of halogens is 1. The Morgan fingerprint density at radius 1 is 1.09 bits per heavy atom. The Bertz CT molecular complexity index is 631. The van der Waals surface area contributed by atoms with E-state index in [9.17, 15) is 9.18 Å². The molecule has 1 amide bonds. The Kier molecular flexibility index (Phi) is 5.77. The molecule has 0 saturated heterocycles. The molecule has 0 fully saturated rings. The lowest BCUT2D eigenvalue weighted by Gasteiger charge is -2.09. The number of rotatable bonds is 7. The summed E-state index contributed by atoms with van der Waals surface area (Å²) in [6, 6.07) is 13.1. The molecular weight excluding hydrogens is 285 g/mol. The van der Waals surface area contributed by atoms with Crippen LogP contribution in [0.2, 0.25) is 0 Å². The number of carbonyl (C=O) groups is 1. The molecule has 0 aromatic heterocycles. The zero-order valence-electron chi connectivity index (χ0n) is 12.3. The van der Waals surface area contributed by atoms with Crippen LogP contribution in [0.25, 0.3) is 0 Å². The van der Waals surface area contributed by atoms with Crippen molar-refractivity contribution < 1.29 is 18.7 Å². The molecule has 0 radical (unpaired) electrons. The Balaban J connectivity index is 1.78. The maximum Gasteiger partial charge on any atom is 0.254 e. The van der Waals surface area contributed by atoms with Gasteiger partial charge in [-0.05, 0) is 31.2 Å². The van der Waals surface area contributed by atoms with Crippen molar-refractivity contribution in [3.8, 4) is 11.5 Å². The smallest absolute Gasteiger partial charge is 0.254 e. The molecule has 0 aliphatic rings. The Morgan fingerprint density at radius 3 is 2.55 bits per heavy atom. The lowest BCUT2D eigenvalue weighted by atomic mass is 10.2. The fourth-order valence-electron chi connectivity index (χ4n) is 1.89. The van der Waals surface area contributed by atoms with Gasteiger partial charge >= 0.3 is 0 Å². The molecule has 116 valence electrons. The third kappa shape index (κ3) is 4.48. The summed E-state index contributed by atoms with van der Waals surface area (Å²) in [6.45, 7) is 3.07. The van der Waals surface area contributed by atoms with Crippen LogP contribution in [0.3, 0.4) is 0 Å². The van der Waals surface area contributed by atoms with Crippen molar-refractivity contribution in [1.29, 1.82) is 0 Å². The number of hydrogen-bond donors (Lipinski definition) is 1. The van der Waals surface area contributed by atoms with Gasteiger partial charge in [0.05, 0.1) is 18.7 Å². The van der Waals surface area contributed by atoms with Gasteiger partial charge in [0.15, 0.2) is 0 Å². The summed E-state index contributed by atoms with van der Waals surface area (Å²) in [5.41, 5.74) is 0.0286. The third-order valence-corrected chi connectivity index (χ3v) is 2.89. The minimum Gasteiger partial charge on any atom is -0.494 e. The summed E-state index contributed by atoms with van der Waals surface area (Å²) < 4.78 is 24.3. The predicted molar refractivity (Wildman–Crippen MR) is 81.8 cm³/mol. The molecule has 5 heteroatoms. The highest BCUT2D eigenvalue weighted by molar-refractivity contribution is 5.94. The van der Waals surface area contributed by atoms with Crippen LogP contribution < -0.4 is 14.8 Å². The SMILES string of the molecule is CCOc1cccc(OCCNC(=O)c2ccccc2F)c1. The summed E-state index contributed by atoms with van der Waals surface area (Å²) in [5, 5.41) is 2.61. The maximum atomic E-state index is 13.4. The van der Waals surface area contributed by atoms with Crippen LogP contribution in [-0.2, 0) is 0 Å². The van der Waals surface area contributed by atoms with Gasteiger partial charge in [-0.3, -0.25) is 4.79 Å². The summed E-state index contributed by atoms with van der Waals surface area (Å²) in [6.07, 6.45) is 0. The second-order valence-electron chi connectivity index (χ2n) is 4.49. The van der Waals surface area contributed by atoms with Gasteiger partial charge in [0.2, 0.25) is 0 Å². The molecule has 4 nitrogen and oxygen atoms in total. The molecule has 2 aromatic carbocycles. The van der Waals surface area contributed by atoms with Gasteiger partial charge in [-0.1, -0.05) is 18.2 Å². The molecular formula is C17H18FNO3. The average molecular weight is 303 g/mol. The van der Waals surface area contributed by atoms with E-state index in [1.54, 1.807) is 24.3 Å². The number of nitrogens with one attached hydrogen (secondary N) is 1. The van der Waals surface area contributed by atoms with Crippen LogP contribution in [0.5, 0.6) is 11.5 Å². The maximum absolute atomic E-state index is 13.4. The number of hydrogen-bond acceptors (Lipinski definition) is 3. The Labute approximate surface area is 128 Å². The molecule has 0 atom stereocenters. The highest BCUT2D eigenvalue weighted by atomic mass is 19.1. The Hall–Kier alpha value is -2.56. The van der Waals surface area contributed by atoms with Crippen molar-refractivity contribution in [3.63, 3.8) is 0 Å². The van der Waals surface area contributed by atoms with Crippen molar-refractivity contribution in [2.45, 2.75) is 6.92 Å². The van der Waals surface area contributed by atoms with E-state index in [4.69, 9.17) is 9.47 Å². The zero-order chi connectivity index (χ0) is 15.8. The second-order valence-corrected chi connectivity index (χ2v) is 4.49. The molecule has 0 saturated carbocycles. The third-order valence-electron chi connectivity index (χ3n) is 2.89. The van der Waals surface area contributed by atoms with E-state index < -0.39 is 11.7 Å².